The van der Waals surface area contributed by atoms with Crippen molar-refractivity contribution >= 4 is 39.5 Å². The number of aryl methyl sites for hydroxylation is 1. The fourth-order valence-electron chi connectivity index (χ4n) is 3.43. The highest BCUT2D eigenvalue weighted by atomic mass is 32.1. The van der Waals surface area contributed by atoms with E-state index in [0.717, 1.165) is 11.2 Å². The molecule has 0 aliphatic rings. The quantitative estimate of drug-likeness (QED) is 0.481. The van der Waals surface area contributed by atoms with Crippen LogP contribution in [-0.4, -0.2) is 22.0 Å². The van der Waals surface area contributed by atoms with Gasteiger partial charge in [-0.15, -0.1) is 11.3 Å². The van der Waals surface area contributed by atoms with Gasteiger partial charge in [-0.2, -0.15) is 0 Å². The van der Waals surface area contributed by atoms with Crippen LogP contribution in [-0.2, 0) is 11.3 Å². The third-order valence-corrected chi connectivity index (χ3v) is 6.79. The Kier molecular flexibility index (Phi) is 5.45. The molecule has 0 fully saturated rings. The Morgan fingerprint density at radius 2 is 2.07 bits per heavy atom. The standard InChI is InChI=1S/C21H21N3O2S2/c1-14-13-28-21(26)24(14)9-8-20(25)23-12-17(19-7-4-10-27-19)16-11-22-18-6-3-2-5-15(16)18/h2-7,10-11,13,17,22H,8-9,12H2,1H3,(H,23,25). The number of H-pyrrole nitrogens is 1. The van der Waals surface area contributed by atoms with Crippen molar-refractivity contribution in [1.29, 1.82) is 0 Å². The van der Waals surface area contributed by atoms with E-state index in [2.05, 4.69) is 33.9 Å². The van der Waals surface area contributed by atoms with Crippen molar-refractivity contribution in [2.45, 2.75) is 25.8 Å². The zero-order valence-corrected chi connectivity index (χ0v) is 17.1. The summed E-state index contributed by atoms with van der Waals surface area (Å²) in [5.41, 5.74) is 3.18. The summed E-state index contributed by atoms with van der Waals surface area (Å²) in [5, 5.41) is 8.13. The highest BCUT2D eigenvalue weighted by Gasteiger charge is 2.20. The molecule has 0 aliphatic heterocycles. The second-order valence-corrected chi connectivity index (χ2v) is 8.51. The molecule has 4 rings (SSSR count). The first kappa shape index (κ1) is 18.7. The minimum Gasteiger partial charge on any atom is -0.361 e. The highest BCUT2D eigenvalue weighted by molar-refractivity contribution is 7.10. The summed E-state index contributed by atoms with van der Waals surface area (Å²) < 4.78 is 1.65. The predicted octanol–water partition coefficient (Wildman–Crippen LogP) is 4.10. The summed E-state index contributed by atoms with van der Waals surface area (Å²) in [6.45, 7) is 2.83. The van der Waals surface area contributed by atoms with Gasteiger partial charge in [-0.25, -0.2) is 0 Å². The molecule has 1 amide bonds. The molecule has 0 aliphatic carbocycles. The number of nitrogens with one attached hydrogen (secondary N) is 2. The molecule has 1 unspecified atom stereocenters. The Labute approximate surface area is 170 Å². The van der Waals surface area contributed by atoms with Crippen molar-refractivity contribution in [3.63, 3.8) is 0 Å². The first-order valence-corrected chi connectivity index (χ1v) is 10.9. The molecular weight excluding hydrogens is 390 g/mol. The third kappa shape index (κ3) is 3.81. The molecule has 1 atom stereocenters. The number of amides is 1. The van der Waals surface area contributed by atoms with Crippen molar-refractivity contribution in [3.8, 4) is 0 Å². The summed E-state index contributed by atoms with van der Waals surface area (Å²) in [4.78, 5) is 28.8. The number of hydrogen-bond acceptors (Lipinski definition) is 4. The maximum Gasteiger partial charge on any atom is 0.307 e. The van der Waals surface area contributed by atoms with Gasteiger partial charge in [0.05, 0.1) is 0 Å². The number of nitrogens with zero attached hydrogens (tertiary/aromatic N) is 1. The monoisotopic (exact) mass is 411 g/mol. The van der Waals surface area contributed by atoms with E-state index in [9.17, 15) is 9.59 Å². The van der Waals surface area contributed by atoms with E-state index in [1.54, 1.807) is 15.9 Å². The number of aromatic nitrogens is 2. The lowest BCUT2D eigenvalue weighted by atomic mass is 9.96. The van der Waals surface area contributed by atoms with Gasteiger partial charge < -0.3 is 14.9 Å². The van der Waals surface area contributed by atoms with Crippen LogP contribution in [0.2, 0.25) is 0 Å². The second-order valence-electron chi connectivity index (χ2n) is 6.71. The fourth-order valence-corrected chi connectivity index (χ4v) is 5.03. The summed E-state index contributed by atoms with van der Waals surface area (Å²) in [6.07, 6.45) is 2.33. The molecule has 0 radical (unpaired) electrons. The summed E-state index contributed by atoms with van der Waals surface area (Å²) in [5.74, 6) is 0.0459. The minimum atomic E-state index is -0.0427. The molecule has 5 nitrogen and oxygen atoms in total. The highest BCUT2D eigenvalue weighted by Crippen LogP contribution is 2.32. The van der Waals surface area contributed by atoms with Crippen LogP contribution in [0, 0.1) is 6.92 Å². The Morgan fingerprint density at radius 3 is 2.82 bits per heavy atom. The summed E-state index contributed by atoms with van der Waals surface area (Å²) in [7, 11) is 0. The average Bonchev–Trinajstić information content (AvgIpc) is 3.43. The van der Waals surface area contributed by atoms with Gasteiger partial charge in [-0.05, 0) is 30.0 Å². The Balaban J connectivity index is 1.48. The Morgan fingerprint density at radius 1 is 1.21 bits per heavy atom. The molecule has 0 bridgehead atoms. The van der Waals surface area contributed by atoms with Gasteiger partial charge in [0, 0.05) is 58.5 Å². The number of benzene rings is 1. The Hall–Kier alpha value is -2.64. The van der Waals surface area contributed by atoms with E-state index in [-0.39, 0.29) is 16.7 Å². The zero-order valence-electron chi connectivity index (χ0n) is 15.5. The van der Waals surface area contributed by atoms with Crippen LogP contribution in [0.3, 0.4) is 0 Å². The van der Waals surface area contributed by atoms with Gasteiger partial charge in [0.25, 0.3) is 0 Å². The van der Waals surface area contributed by atoms with Crippen LogP contribution < -0.4 is 10.2 Å². The lowest BCUT2D eigenvalue weighted by Crippen LogP contribution is -2.30. The number of aromatic amines is 1. The average molecular weight is 412 g/mol. The topological polar surface area (TPSA) is 66.9 Å². The number of hydrogen-bond donors (Lipinski definition) is 2. The smallest absolute Gasteiger partial charge is 0.307 e. The van der Waals surface area contributed by atoms with Gasteiger partial charge in [-0.1, -0.05) is 35.6 Å². The first-order chi connectivity index (χ1) is 13.6. The lowest BCUT2D eigenvalue weighted by Gasteiger charge is -2.16. The molecule has 0 saturated heterocycles. The number of para-hydroxylation sites is 1. The maximum absolute atomic E-state index is 12.4. The molecule has 28 heavy (non-hydrogen) atoms. The van der Waals surface area contributed by atoms with Crippen LogP contribution >= 0.6 is 22.7 Å². The molecule has 3 heterocycles. The molecule has 3 aromatic heterocycles. The summed E-state index contributed by atoms with van der Waals surface area (Å²) in [6, 6.07) is 12.4. The van der Waals surface area contributed by atoms with Crippen molar-refractivity contribution in [2.24, 2.45) is 0 Å². The van der Waals surface area contributed by atoms with E-state index in [1.807, 2.05) is 36.7 Å². The van der Waals surface area contributed by atoms with Crippen molar-refractivity contribution in [3.05, 3.63) is 79.2 Å². The predicted molar refractivity (Wildman–Crippen MR) is 115 cm³/mol. The van der Waals surface area contributed by atoms with Gasteiger partial charge in [0.15, 0.2) is 0 Å². The minimum absolute atomic E-state index is 0.0134. The Bertz CT molecular complexity index is 1140. The lowest BCUT2D eigenvalue weighted by molar-refractivity contribution is -0.121. The van der Waals surface area contributed by atoms with Gasteiger partial charge in [0.2, 0.25) is 5.91 Å². The number of thiophene rings is 1. The molecule has 0 spiro atoms. The second kappa shape index (κ2) is 8.16. The van der Waals surface area contributed by atoms with Crippen molar-refractivity contribution in [2.75, 3.05) is 6.54 Å². The number of carbonyl (C=O) groups excluding carboxylic acids is 1. The van der Waals surface area contributed by atoms with E-state index in [0.29, 0.717) is 19.5 Å². The van der Waals surface area contributed by atoms with Crippen molar-refractivity contribution < 1.29 is 4.79 Å². The third-order valence-electron chi connectivity index (χ3n) is 4.93. The fraction of sp³-hybridized carbons (Fsp3) is 0.238. The zero-order chi connectivity index (χ0) is 19.5. The van der Waals surface area contributed by atoms with Gasteiger partial charge >= 0.3 is 4.87 Å². The van der Waals surface area contributed by atoms with Crippen molar-refractivity contribution in [1.82, 2.24) is 14.9 Å². The maximum atomic E-state index is 12.4. The molecular formula is C21H21N3O2S2. The first-order valence-electron chi connectivity index (χ1n) is 9.14. The van der Waals surface area contributed by atoms with E-state index < -0.39 is 0 Å². The molecule has 0 saturated carbocycles. The van der Waals surface area contributed by atoms with E-state index >= 15 is 0 Å². The normalized spacial score (nSPS) is 12.3. The van der Waals surface area contributed by atoms with Crippen LogP contribution in [0.25, 0.3) is 10.9 Å². The van der Waals surface area contributed by atoms with Crippen LogP contribution in [0.15, 0.2) is 58.1 Å². The molecule has 1 aromatic carbocycles. The van der Waals surface area contributed by atoms with Crippen LogP contribution in [0.5, 0.6) is 0 Å². The number of fused-ring (bicyclic) bond motifs is 1. The van der Waals surface area contributed by atoms with Crippen LogP contribution in [0.1, 0.15) is 28.5 Å². The molecule has 4 aromatic rings. The van der Waals surface area contributed by atoms with Gasteiger partial charge in [-0.3, -0.25) is 9.59 Å². The number of carbonyl (C=O) groups is 1. The molecule has 2 N–H and O–H groups in total. The van der Waals surface area contributed by atoms with Crippen LogP contribution in [0.4, 0.5) is 0 Å². The van der Waals surface area contributed by atoms with Gasteiger partial charge in [0.1, 0.15) is 0 Å². The molecule has 7 heteroatoms. The number of rotatable bonds is 7. The largest absolute Gasteiger partial charge is 0.361 e. The SMILES string of the molecule is Cc1csc(=O)n1CCC(=O)NCC(c1cccs1)c1c[nH]c2ccccc12. The van der Waals surface area contributed by atoms with E-state index in [4.69, 9.17) is 0 Å². The molecule has 144 valence electrons. The number of thiazole rings is 1. The van der Waals surface area contributed by atoms with E-state index in [1.165, 1.54) is 27.2 Å². The summed E-state index contributed by atoms with van der Waals surface area (Å²) >= 11 is 2.87.